The number of halogens is 1. The number of carbonyl (C=O) groups excluding carboxylic acids is 1. The first-order chi connectivity index (χ1) is 18.6. The summed E-state index contributed by atoms with van der Waals surface area (Å²) >= 11 is 6.23. The summed E-state index contributed by atoms with van der Waals surface area (Å²) in [5.41, 5.74) is 3.28. The van der Waals surface area contributed by atoms with Crippen molar-refractivity contribution >= 4 is 38.9 Å². The molecule has 0 aliphatic carbocycles. The van der Waals surface area contributed by atoms with Gasteiger partial charge in [-0.2, -0.15) is 0 Å². The number of amides is 1. The van der Waals surface area contributed by atoms with Crippen molar-refractivity contribution in [3.8, 4) is 17.2 Å². The van der Waals surface area contributed by atoms with Crippen LogP contribution < -0.4 is 19.1 Å². The minimum Gasteiger partial charge on any atom is -0.493 e. The molecule has 0 aliphatic heterocycles. The fraction of sp³-hybridized carbons (Fsp3) is 0.167. The number of rotatable bonds is 9. The lowest BCUT2D eigenvalue weighted by Gasteiger charge is -2.26. The summed E-state index contributed by atoms with van der Waals surface area (Å²) in [7, 11) is -2.54. The molecule has 1 N–H and O–H groups in total. The van der Waals surface area contributed by atoms with Gasteiger partial charge < -0.3 is 14.8 Å². The number of benzene rings is 4. The Morgan fingerprint density at radius 2 is 1.56 bits per heavy atom. The lowest BCUT2D eigenvalue weighted by molar-refractivity contribution is -0.114. The van der Waals surface area contributed by atoms with Crippen LogP contribution in [0.5, 0.6) is 17.2 Å². The Morgan fingerprint density at radius 1 is 0.872 bits per heavy atom. The van der Waals surface area contributed by atoms with Gasteiger partial charge in [0.05, 0.1) is 23.4 Å². The maximum absolute atomic E-state index is 13.8. The van der Waals surface area contributed by atoms with Crippen LogP contribution in [0.1, 0.15) is 16.7 Å². The van der Waals surface area contributed by atoms with Crippen LogP contribution in [0.3, 0.4) is 0 Å². The Hall–Kier alpha value is -4.01. The van der Waals surface area contributed by atoms with Gasteiger partial charge in [0.1, 0.15) is 6.54 Å². The van der Waals surface area contributed by atoms with Crippen LogP contribution in [0.25, 0.3) is 0 Å². The standard InChI is InChI=1S/C30H29ClN2O5S/c1-20-12-15-24(16-13-20)39(35,36)33(26-9-7-8-21(2)22(26)3)19-30(34)32-25-18-23(31)14-17-27(25)38-29-11-6-5-10-28(29)37-4/h5-18H,19H2,1-4H3,(H,32,34). The summed E-state index contributed by atoms with van der Waals surface area (Å²) in [4.78, 5) is 13.5. The van der Waals surface area contributed by atoms with E-state index in [0.29, 0.717) is 28.0 Å². The molecule has 0 spiro atoms. The molecule has 0 radical (unpaired) electrons. The van der Waals surface area contributed by atoms with Gasteiger partial charge in [-0.1, -0.05) is 53.6 Å². The topological polar surface area (TPSA) is 84.9 Å². The van der Waals surface area contributed by atoms with Gasteiger partial charge in [0.15, 0.2) is 17.2 Å². The maximum Gasteiger partial charge on any atom is 0.264 e. The summed E-state index contributed by atoms with van der Waals surface area (Å²) in [6.07, 6.45) is 0. The molecule has 0 heterocycles. The highest BCUT2D eigenvalue weighted by Gasteiger charge is 2.29. The SMILES string of the molecule is COc1ccccc1Oc1ccc(Cl)cc1NC(=O)CN(c1cccc(C)c1C)S(=O)(=O)c1ccc(C)cc1. The van der Waals surface area contributed by atoms with Crippen LogP contribution in [-0.4, -0.2) is 28.0 Å². The molecule has 0 atom stereocenters. The van der Waals surface area contributed by atoms with Crippen molar-refractivity contribution in [1.82, 2.24) is 0 Å². The molecule has 0 bridgehead atoms. The molecule has 9 heteroatoms. The summed E-state index contributed by atoms with van der Waals surface area (Å²) < 4.78 is 40.1. The van der Waals surface area contributed by atoms with Crippen LogP contribution >= 0.6 is 11.6 Å². The van der Waals surface area contributed by atoms with E-state index in [1.54, 1.807) is 60.7 Å². The van der Waals surface area contributed by atoms with Crippen molar-refractivity contribution in [2.24, 2.45) is 0 Å². The predicted octanol–water partition coefficient (Wildman–Crippen LogP) is 6.90. The second-order valence-electron chi connectivity index (χ2n) is 8.99. The summed E-state index contributed by atoms with van der Waals surface area (Å²) in [5, 5.41) is 3.15. The Labute approximate surface area is 234 Å². The van der Waals surface area contributed by atoms with E-state index in [-0.39, 0.29) is 10.6 Å². The minimum atomic E-state index is -4.07. The Kier molecular flexibility index (Phi) is 8.47. The van der Waals surface area contributed by atoms with E-state index in [9.17, 15) is 13.2 Å². The number of nitrogens with zero attached hydrogens (tertiary/aromatic N) is 1. The van der Waals surface area contributed by atoms with E-state index in [1.807, 2.05) is 32.9 Å². The first-order valence-electron chi connectivity index (χ1n) is 12.2. The van der Waals surface area contributed by atoms with Crippen molar-refractivity contribution in [1.29, 1.82) is 0 Å². The minimum absolute atomic E-state index is 0.0877. The Morgan fingerprint density at radius 3 is 2.26 bits per heavy atom. The van der Waals surface area contributed by atoms with E-state index in [2.05, 4.69) is 5.32 Å². The van der Waals surface area contributed by atoms with E-state index in [1.165, 1.54) is 19.2 Å². The van der Waals surface area contributed by atoms with Crippen LogP contribution in [0.2, 0.25) is 5.02 Å². The lowest BCUT2D eigenvalue weighted by Crippen LogP contribution is -2.38. The van der Waals surface area contributed by atoms with Gasteiger partial charge in [-0.15, -0.1) is 0 Å². The van der Waals surface area contributed by atoms with Crippen molar-refractivity contribution in [2.45, 2.75) is 25.7 Å². The molecule has 0 saturated heterocycles. The van der Waals surface area contributed by atoms with Gasteiger partial charge in [0.25, 0.3) is 10.0 Å². The van der Waals surface area contributed by atoms with E-state index < -0.39 is 22.5 Å². The number of para-hydroxylation sites is 2. The average molecular weight is 565 g/mol. The third-order valence-corrected chi connectivity index (χ3v) is 8.25. The van der Waals surface area contributed by atoms with Crippen LogP contribution in [0, 0.1) is 20.8 Å². The first kappa shape index (κ1) is 28.0. The van der Waals surface area contributed by atoms with E-state index in [4.69, 9.17) is 21.1 Å². The molecule has 4 rings (SSSR count). The largest absolute Gasteiger partial charge is 0.493 e. The van der Waals surface area contributed by atoms with Crippen molar-refractivity contribution in [2.75, 3.05) is 23.3 Å². The average Bonchev–Trinajstić information content (AvgIpc) is 2.91. The van der Waals surface area contributed by atoms with Gasteiger partial charge in [-0.05, 0) is 80.4 Å². The zero-order valence-corrected chi connectivity index (χ0v) is 23.6. The number of hydrogen-bond acceptors (Lipinski definition) is 5. The molecule has 4 aromatic carbocycles. The zero-order valence-electron chi connectivity index (χ0n) is 22.1. The van der Waals surface area contributed by atoms with Gasteiger partial charge in [0.2, 0.25) is 5.91 Å². The predicted molar refractivity (Wildman–Crippen MR) is 155 cm³/mol. The quantitative estimate of drug-likeness (QED) is 0.239. The maximum atomic E-state index is 13.8. The molecule has 0 saturated carbocycles. The van der Waals surface area contributed by atoms with Gasteiger partial charge >= 0.3 is 0 Å². The summed E-state index contributed by atoms with van der Waals surface area (Å²) in [5.74, 6) is 0.697. The molecule has 4 aromatic rings. The third kappa shape index (κ3) is 6.35. The van der Waals surface area contributed by atoms with E-state index >= 15 is 0 Å². The highest BCUT2D eigenvalue weighted by Crippen LogP contribution is 2.36. The Balaban J connectivity index is 1.68. The molecule has 0 unspecified atom stereocenters. The molecular weight excluding hydrogens is 536 g/mol. The summed E-state index contributed by atoms with van der Waals surface area (Å²) in [6, 6.07) is 23.8. The second kappa shape index (κ2) is 11.8. The van der Waals surface area contributed by atoms with Gasteiger partial charge in [0, 0.05) is 5.02 Å². The van der Waals surface area contributed by atoms with Crippen molar-refractivity contribution < 1.29 is 22.7 Å². The number of anilines is 2. The zero-order chi connectivity index (χ0) is 28.2. The fourth-order valence-corrected chi connectivity index (χ4v) is 5.62. The number of sulfonamides is 1. The molecular formula is C30H29ClN2O5S. The van der Waals surface area contributed by atoms with Crippen LogP contribution in [-0.2, 0) is 14.8 Å². The smallest absolute Gasteiger partial charge is 0.264 e. The Bertz CT molecular complexity index is 1600. The molecule has 0 aromatic heterocycles. The van der Waals surface area contributed by atoms with Crippen LogP contribution in [0.4, 0.5) is 11.4 Å². The fourth-order valence-electron chi connectivity index (χ4n) is 3.97. The lowest BCUT2D eigenvalue weighted by atomic mass is 10.1. The van der Waals surface area contributed by atoms with Crippen molar-refractivity contribution in [3.05, 3.63) is 107 Å². The highest BCUT2D eigenvalue weighted by atomic mass is 35.5. The highest BCUT2D eigenvalue weighted by molar-refractivity contribution is 7.92. The summed E-state index contributed by atoms with van der Waals surface area (Å²) in [6.45, 7) is 5.13. The van der Waals surface area contributed by atoms with Gasteiger partial charge in [-0.25, -0.2) is 8.42 Å². The molecule has 202 valence electrons. The second-order valence-corrected chi connectivity index (χ2v) is 11.3. The number of nitrogens with one attached hydrogen (secondary N) is 1. The molecule has 0 fully saturated rings. The molecule has 0 aliphatic rings. The van der Waals surface area contributed by atoms with Gasteiger partial charge in [-0.3, -0.25) is 9.10 Å². The number of hydrogen-bond donors (Lipinski definition) is 1. The monoisotopic (exact) mass is 564 g/mol. The van der Waals surface area contributed by atoms with Crippen molar-refractivity contribution in [3.63, 3.8) is 0 Å². The number of methoxy groups -OCH3 is 1. The first-order valence-corrected chi connectivity index (χ1v) is 14.0. The number of carbonyl (C=O) groups is 1. The molecule has 1 amide bonds. The number of aryl methyl sites for hydroxylation is 2. The molecule has 39 heavy (non-hydrogen) atoms. The molecule has 7 nitrogen and oxygen atoms in total. The normalized spacial score (nSPS) is 11.1. The number of ether oxygens (including phenoxy) is 2. The van der Waals surface area contributed by atoms with Crippen LogP contribution in [0.15, 0.2) is 89.8 Å². The van der Waals surface area contributed by atoms with E-state index in [0.717, 1.165) is 21.0 Å². The third-order valence-electron chi connectivity index (χ3n) is 6.25.